The monoisotopic (exact) mass is 438 g/mol. The first-order chi connectivity index (χ1) is 13.7. The molecule has 2 aromatic rings. The molecule has 1 amide bonds. The predicted molar refractivity (Wildman–Crippen MR) is 115 cm³/mol. The molecule has 0 saturated carbocycles. The number of carbonyl (C=O) groups is 1. The topological polar surface area (TPSA) is 75.7 Å². The fourth-order valence-electron chi connectivity index (χ4n) is 2.83. The second-order valence-corrected chi connectivity index (χ2v) is 9.43. The molecule has 0 atom stereocenters. The van der Waals surface area contributed by atoms with Crippen molar-refractivity contribution in [3.8, 4) is 5.75 Å². The molecule has 0 fully saturated rings. The third-order valence-electron chi connectivity index (χ3n) is 4.53. The van der Waals surface area contributed by atoms with E-state index in [2.05, 4.69) is 5.32 Å². The lowest BCUT2D eigenvalue weighted by molar-refractivity contribution is -0.121. The highest BCUT2D eigenvalue weighted by atomic mass is 35.5. The van der Waals surface area contributed by atoms with Crippen molar-refractivity contribution >= 4 is 27.5 Å². The molecule has 0 spiro atoms. The van der Waals surface area contributed by atoms with Crippen LogP contribution in [0.15, 0.2) is 47.4 Å². The van der Waals surface area contributed by atoms with Gasteiger partial charge in [-0.05, 0) is 60.7 Å². The number of sulfonamides is 1. The van der Waals surface area contributed by atoms with E-state index in [1.54, 1.807) is 12.1 Å². The minimum absolute atomic E-state index is 0.0796. The Morgan fingerprint density at radius 3 is 2.41 bits per heavy atom. The molecule has 0 unspecified atom stereocenters. The maximum atomic E-state index is 12.3. The van der Waals surface area contributed by atoms with E-state index < -0.39 is 10.0 Å². The molecule has 0 radical (unpaired) electrons. The van der Waals surface area contributed by atoms with Gasteiger partial charge in [-0.1, -0.05) is 23.7 Å². The first kappa shape index (κ1) is 23.2. The van der Waals surface area contributed by atoms with Crippen LogP contribution in [0.25, 0.3) is 0 Å². The number of aryl methyl sites for hydroxylation is 2. The lowest BCUT2D eigenvalue weighted by Gasteiger charge is -2.14. The zero-order valence-corrected chi connectivity index (χ0v) is 18.5. The van der Waals surface area contributed by atoms with E-state index in [0.29, 0.717) is 29.3 Å². The maximum Gasteiger partial charge on any atom is 0.242 e. The molecule has 0 aliphatic carbocycles. The SMILES string of the molecule is COc1ccc(S(=O)(=O)N(C)C)cc1CCC(=O)NCCCc1ccc(Cl)cc1. The maximum absolute atomic E-state index is 12.3. The number of nitrogens with one attached hydrogen (secondary N) is 1. The summed E-state index contributed by atoms with van der Waals surface area (Å²) in [7, 11) is 0.949. The molecule has 6 nitrogen and oxygen atoms in total. The van der Waals surface area contributed by atoms with Crippen molar-refractivity contribution in [1.29, 1.82) is 0 Å². The van der Waals surface area contributed by atoms with Crippen LogP contribution in [0.2, 0.25) is 5.02 Å². The van der Waals surface area contributed by atoms with E-state index in [4.69, 9.17) is 16.3 Å². The first-order valence-corrected chi connectivity index (χ1v) is 11.2. The summed E-state index contributed by atoms with van der Waals surface area (Å²) in [5.41, 5.74) is 1.86. The number of carbonyl (C=O) groups excluding carboxylic acids is 1. The molecule has 0 aliphatic rings. The van der Waals surface area contributed by atoms with E-state index in [1.807, 2.05) is 24.3 Å². The average Bonchev–Trinajstić information content (AvgIpc) is 2.70. The lowest BCUT2D eigenvalue weighted by atomic mass is 10.1. The van der Waals surface area contributed by atoms with Crippen molar-refractivity contribution in [2.24, 2.45) is 0 Å². The van der Waals surface area contributed by atoms with E-state index in [0.717, 1.165) is 17.1 Å². The van der Waals surface area contributed by atoms with Gasteiger partial charge in [0.2, 0.25) is 15.9 Å². The molecule has 29 heavy (non-hydrogen) atoms. The molecule has 158 valence electrons. The first-order valence-electron chi connectivity index (χ1n) is 9.34. The van der Waals surface area contributed by atoms with Crippen LogP contribution in [0.1, 0.15) is 24.0 Å². The summed E-state index contributed by atoms with van der Waals surface area (Å²) < 4.78 is 31.1. The molecule has 0 saturated heterocycles. The van der Waals surface area contributed by atoms with Gasteiger partial charge in [0.1, 0.15) is 5.75 Å². The summed E-state index contributed by atoms with van der Waals surface area (Å²) in [6, 6.07) is 12.4. The summed E-state index contributed by atoms with van der Waals surface area (Å²) in [6.07, 6.45) is 2.33. The summed E-state index contributed by atoms with van der Waals surface area (Å²) >= 11 is 5.87. The zero-order chi connectivity index (χ0) is 21.4. The van der Waals surface area contributed by atoms with Crippen molar-refractivity contribution in [3.63, 3.8) is 0 Å². The summed E-state index contributed by atoms with van der Waals surface area (Å²) in [5, 5.41) is 3.61. The molecular formula is C21H27ClN2O4S. The zero-order valence-electron chi connectivity index (χ0n) is 16.9. The minimum Gasteiger partial charge on any atom is -0.496 e. The van der Waals surface area contributed by atoms with Crippen molar-refractivity contribution < 1.29 is 17.9 Å². The van der Waals surface area contributed by atoms with Gasteiger partial charge in [-0.2, -0.15) is 0 Å². The van der Waals surface area contributed by atoms with Gasteiger partial charge in [0.05, 0.1) is 12.0 Å². The molecule has 0 aromatic heterocycles. The van der Waals surface area contributed by atoms with E-state index in [-0.39, 0.29) is 17.2 Å². The Balaban J connectivity index is 1.87. The van der Waals surface area contributed by atoms with Crippen LogP contribution in [0.3, 0.4) is 0 Å². The second-order valence-electron chi connectivity index (χ2n) is 6.84. The van der Waals surface area contributed by atoms with Crippen molar-refractivity contribution in [2.75, 3.05) is 27.7 Å². The summed E-state index contributed by atoms with van der Waals surface area (Å²) in [6.45, 7) is 0.577. The van der Waals surface area contributed by atoms with Gasteiger partial charge in [0, 0.05) is 32.1 Å². The van der Waals surface area contributed by atoms with Gasteiger partial charge in [-0.3, -0.25) is 4.79 Å². The van der Waals surface area contributed by atoms with Gasteiger partial charge in [0.15, 0.2) is 0 Å². The van der Waals surface area contributed by atoms with Crippen LogP contribution >= 0.6 is 11.6 Å². The van der Waals surface area contributed by atoms with E-state index in [9.17, 15) is 13.2 Å². The number of benzene rings is 2. The Bertz CT molecular complexity index is 928. The van der Waals surface area contributed by atoms with Gasteiger partial charge >= 0.3 is 0 Å². The van der Waals surface area contributed by atoms with Crippen LogP contribution in [0, 0.1) is 0 Å². The normalized spacial score (nSPS) is 11.5. The predicted octanol–water partition coefficient (Wildman–Crippen LogP) is 3.28. The Morgan fingerprint density at radius 1 is 1.10 bits per heavy atom. The van der Waals surface area contributed by atoms with Crippen LogP contribution in [0.5, 0.6) is 5.75 Å². The number of hydrogen-bond donors (Lipinski definition) is 1. The molecule has 1 N–H and O–H groups in total. The fourth-order valence-corrected chi connectivity index (χ4v) is 3.91. The number of halogens is 1. The van der Waals surface area contributed by atoms with Gasteiger partial charge < -0.3 is 10.1 Å². The molecule has 0 aliphatic heterocycles. The minimum atomic E-state index is -3.54. The number of nitrogens with zero attached hydrogens (tertiary/aromatic N) is 1. The summed E-state index contributed by atoms with van der Waals surface area (Å²) in [4.78, 5) is 12.3. The molecule has 2 aromatic carbocycles. The Kier molecular flexibility index (Phi) is 8.49. The highest BCUT2D eigenvalue weighted by Gasteiger charge is 2.19. The molecular weight excluding hydrogens is 412 g/mol. The third kappa shape index (κ3) is 6.73. The Hall–Kier alpha value is -2.09. The molecule has 2 rings (SSSR count). The van der Waals surface area contributed by atoms with Crippen molar-refractivity contribution in [1.82, 2.24) is 9.62 Å². The van der Waals surface area contributed by atoms with Gasteiger partial charge in [-0.15, -0.1) is 0 Å². The van der Waals surface area contributed by atoms with Crippen LogP contribution in [0.4, 0.5) is 0 Å². The third-order valence-corrected chi connectivity index (χ3v) is 6.59. The smallest absolute Gasteiger partial charge is 0.242 e. The number of amides is 1. The Morgan fingerprint density at radius 2 is 1.79 bits per heavy atom. The number of hydrogen-bond acceptors (Lipinski definition) is 4. The molecule has 0 bridgehead atoms. The lowest BCUT2D eigenvalue weighted by Crippen LogP contribution is -2.25. The largest absolute Gasteiger partial charge is 0.496 e. The van der Waals surface area contributed by atoms with Crippen LogP contribution in [-0.4, -0.2) is 46.4 Å². The van der Waals surface area contributed by atoms with Crippen LogP contribution in [-0.2, 0) is 27.7 Å². The number of rotatable bonds is 10. The highest BCUT2D eigenvalue weighted by Crippen LogP contribution is 2.25. The van der Waals surface area contributed by atoms with Gasteiger partial charge in [0.25, 0.3) is 0 Å². The van der Waals surface area contributed by atoms with Crippen molar-refractivity contribution in [3.05, 3.63) is 58.6 Å². The fraction of sp³-hybridized carbons (Fsp3) is 0.381. The Labute approximate surface area is 177 Å². The van der Waals surface area contributed by atoms with Gasteiger partial charge in [-0.25, -0.2) is 12.7 Å². The molecule has 8 heteroatoms. The van der Waals surface area contributed by atoms with Crippen molar-refractivity contribution in [2.45, 2.75) is 30.6 Å². The van der Waals surface area contributed by atoms with E-state index in [1.165, 1.54) is 32.8 Å². The van der Waals surface area contributed by atoms with Crippen LogP contribution < -0.4 is 10.1 Å². The number of methoxy groups -OCH3 is 1. The second kappa shape index (κ2) is 10.6. The average molecular weight is 439 g/mol. The highest BCUT2D eigenvalue weighted by molar-refractivity contribution is 7.89. The van der Waals surface area contributed by atoms with E-state index >= 15 is 0 Å². The molecule has 0 heterocycles. The quantitative estimate of drug-likeness (QED) is 0.577. The standard InChI is InChI=1S/C21H27ClN2O4S/c1-24(2)29(26,27)19-11-12-20(28-3)17(15-19)8-13-21(25)23-14-4-5-16-6-9-18(22)10-7-16/h6-7,9-12,15H,4-5,8,13-14H2,1-3H3,(H,23,25). The summed E-state index contributed by atoms with van der Waals surface area (Å²) in [5.74, 6) is 0.488. The number of ether oxygens (including phenoxy) is 1.